The van der Waals surface area contributed by atoms with Gasteiger partial charge in [-0.25, -0.2) is 0 Å². The van der Waals surface area contributed by atoms with Crippen molar-refractivity contribution in [2.75, 3.05) is 0 Å². The molecular formula is C10H6BrCl2N. The Morgan fingerprint density at radius 1 is 1.36 bits per heavy atom. The van der Waals surface area contributed by atoms with Gasteiger partial charge >= 0.3 is 0 Å². The van der Waals surface area contributed by atoms with Gasteiger partial charge in [0.2, 0.25) is 0 Å². The Morgan fingerprint density at radius 3 is 2.79 bits per heavy atom. The van der Waals surface area contributed by atoms with E-state index in [9.17, 15) is 0 Å². The van der Waals surface area contributed by atoms with E-state index in [4.69, 9.17) is 23.2 Å². The van der Waals surface area contributed by atoms with Crippen molar-refractivity contribution in [1.82, 2.24) is 4.98 Å². The van der Waals surface area contributed by atoms with Crippen molar-refractivity contribution in [2.24, 2.45) is 0 Å². The van der Waals surface area contributed by atoms with Gasteiger partial charge in [-0.05, 0) is 40.5 Å². The average Bonchev–Trinajstić information content (AvgIpc) is 2.14. The lowest BCUT2D eigenvalue weighted by molar-refractivity contribution is 1.38. The number of aryl methyl sites for hydroxylation is 1. The van der Waals surface area contributed by atoms with E-state index in [0.29, 0.717) is 10.0 Å². The molecule has 0 spiro atoms. The molecule has 1 heterocycles. The van der Waals surface area contributed by atoms with Crippen molar-refractivity contribution in [3.05, 3.63) is 38.4 Å². The fourth-order valence-corrected chi connectivity index (χ4v) is 2.53. The van der Waals surface area contributed by atoms with Crippen LogP contribution in [0.2, 0.25) is 10.0 Å². The molecule has 1 nitrogen and oxygen atoms in total. The second-order valence-corrected chi connectivity index (χ2v) is 4.65. The molecule has 72 valence electrons. The molecule has 0 saturated heterocycles. The highest BCUT2D eigenvalue weighted by atomic mass is 79.9. The minimum atomic E-state index is 0.629. The van der Waals surface area contributed by atoms with E-state index in [1.807, 2.05) is 13.0 Å². The molecule has 0 N–H and O–H groups in total. The van der Waals surface area contributed by atoms with Gasteiger partial charge in [0, 0.05) is 16.1 Å². The van der Waals surface area contributed by atoms with Crippen LogP contribution in [0, 0.1) is 6.92 Å². The van der Waals surface area contributed by atoms with E-state index in [-0.39, 0.29) is 0 Å². The van der Waals surface area contributed by atoms with E-state index in [2.05, 4.69) is 20.9 Å². The summed E-state index contributed by atoms with van der Waals surface area (Å²) in [5.41, 5.74) is 1.79. The molecule has 0 radical (unpaired) electrons. The fourth-order valence-electron chi connectivity index (χ4n) is 1.35. The van der Waals surface area contributed by atoms with Gasteiger partial charge in [-0.15, -0.1) is 0 Å². The lowest BCUT2D eigenvalue weighted by Crippen LogP contribution is -1.85. The minimum absolute atomic E-state index is 0.629. The van der Waals surface area contributed by atoms with Crippen LogP contribution in [-0.2, 0) is 0 Å². The normalized spacial score (nSPS) is 10.9. The number of halogens is 3. The molecule has 14 heavy (non-hydrogen) atoms. The zero-order valence-electron chi connectivity index (χ0n) is 7.31. The molecule has 0 atom stereocenters. The first-order valence-electron chi connectivity index (χ1n) is 4.00. The fraction of sp³-hybridized carbons (Fsp3) is 0.100. The van der Waals surface area contributed by atoms with Gasteiger partial charge in [-0.3, -0.25) is 4.98 Å². The highest BCUT2D eigenvalue weighted by Gasteiger charge is 2.10. The van der Waals surface area contributed by atoms with Crippen LogP contribution in [0.3, 0.4) is 0 Å². The molecule has 0 saturated carbocycles. The second-order valence-electron chi connectivity index (χ2n) is 3.01. The van der Waals surface area contributed by atoms with Gasteiger partial charge in [0.1, 0.15) is 0 Å². The van der Waals surface area contributed by atoms with Crippen LogP contribution >= 0.6 is 39.1 Å². The number of hydrogen-bond donors (Lipinski definition) is 0. The van der Waals surface area contributed by atoms with Crippen LogP contribution in [0.1, 0.15) is 5.56 Å². The van der Waals surface area contributed by atoms with Crippen LogP contribution in [-0.4, -0.2) is 4.98 Å². The van der Waals surface area contributed by atoms with E-state index < -0.39 is 0 Å². The summed E-state index contributed by atoms with van der Waals surface area (Å²) in [6.07, 6.45) is 1.67. The summed E-state index contributed by atoms with van der Waals surface area (Å²) >= 11 is 15.7. The molecule has 4 heteroatoms. The number of benzene rings is 1. The summed E-state index contributed by atoms with van der Waals surface area (Å²) in [5, 5.41) is 2.11. The molecule has 2 rings (SSSR count). The summed E-state index contributed by atoms with van der Waals surface area (Å²) in [6, 6.07) is 3.68. The third-order valence-electron chi connectivity index (χ3n) is 2.04. The quantitative estimate of drug-likeness (QED) is 0.690. The van der Waals surface area contributed by atoms with E-state index >= 15 is 0 Å². The predicted molar refractivity (Wildman–Crippen MR) is 64.2 cm³/mol. The van der Waals surface area contributed by atoms with Crippen LogP contribution in [0.15, 0.2) is 22.8 Å². The molecule has 0 aliphatic carbocycles. The molecular weight excluding hydrogens is 285 g/mol. The minimum Gasteiger partial charge on any atom is -0.255 e. The third-order valence-corrected chi connectivity index (χ3v) is 3.44. The van der Waals surface area contributed by atoms with Crippen molar-refractivity contribution in [3.8, 4) is 0 Å². The Labute approximate surface area is 100 Å². The highest BCUT2D eigenvalue weighted by Crippen LogP contribution is 2.35. The first kappa shape index (κ1) is 10.2. The molecule has 1 aromatic carbocycles. The van der Waals surface area contributed by atoms with Gasteiger partial charge in [-0.2, -0.15) is 0 Å². The number of aromatic nitrogens is 1. The Balaban J connectivity index is 3.03. The van der Waals surface area contributed by atoms with E-state index in [0.717, 1.165) is 20.9 Å². The van der Waals surface area contributed by atoms with Crippen molar-refractivity contribution in [2.45, 2.75) is 6.92 Å². The number of nitrogens with zero attached hydrogens (tertiary/aromatic N) is 1. The lowest BCUT2D eigenvalue weighted by atomic mass is 10.1. The zero-order valence-corrected chi connectivity index (χ0v) is 10.4. The molecule has 0 aliphatic rings. The lowest BCUT2D eigenvalue weighted by Gasteiger charge is -2.06. The number of fused-ring (bicyclic) bond motifs is 1. The molecule has 0 amide bonds. The van der Waals surface area contributed by atoms with Gasteiger partial charge in [0.15, 0.2) is 0 Å². The van der Waals surface area contributed by atoms with Crippen LogP contribution < -0.4 is 0 Å². The standard InChI is InChI=1S/C10H6BrCl2N/c1-5-4-6(11)10-8(9(5)13)7(12)2-3-14-10/h2-4H,1H3. The maximum absolute atomic E-state index is 6.16. The summed E-state index contributed by atoms with van der Waals surface area (Å²) in [5.74, 6) is 0. The Hall–Kier alpha value is -0.310. The second kappa shape index (κ2) is 3.69. The molecule has 1 aromatic heterocycles. The third kappa shape index (κ3) is 1.52. The number of hydrogen-bond acceptors (Lipinski definition) is 1. The Bertz CT molecular complexity index is 511. The smallest absolute Gasteiger partial charge is 0.0874 e. The van der Waals surface area contributed by atoms with E-state index in [1.54, 1.807) is 12.3 Å². The monoisotopic (exact) mass is 289 g/mol. The first-order chi connectivity index (χ1) is 6.61. The molecule has 0 bridgehead atoms. The van der Waals surface area contributed by atoms with Crippen LogP contribution in [0.5, 0.6) is 0 Å². The number of pyridine rings is 1. The Morgan fingerprint density at radius 2 is 2.07 bits per heavy atom. The SMILES string of the molecule is Cc1cc(Br)c2nccc(Cl)c2c1Cl. The largest absolute Gasteiger partial charge is 0.255 e. The number of rotatable bonds is 0. The van der Waals surface area contributed by atoms with Gasteiger partial charge in [0.05, 0.1) is 15.6 Å². The summed E-state index contributed by atoms with van der Waals surface area (Å²) in [6.45, 7) is 1.94. The first-order valence-corrected chi connectivity index (χ1v) is 5.55. The highest BCUT2D eigenvalue weighted by molar-refractivity contribution is 9.10. The summed E-state index contributed by atoms with van der Waals surface area (Å²) < 4.78 is 0.914. The van der Waals surface area contributed by atoms with Crippen molar-refractivity contribution in [1.29, 1.82) is 0 Å². The maximum Gasteiger partial charge on any atom is 0.0874 e. The van der Waals surface area contributed by atoms with Crippen LogP contribution in [0.4, 0.5) is 0 Å². The molecule has 2 aromatic rings. The molecule has 0 fully saturated rings. The predicted octanol–water partition coefficient (Wildman–Crippen LogP) is 4.61. The summed E-state index contributed by atoms with van der Waals surface area (Å²) in [7, 11) is 0. The maximum atomic E-state index is 6.16. The average molecular weight is 291 g/mol. The topological polar surface area (TPSA) is 12.9 Å². The zero-order chi connectivity index (χ0) is 10.3. The van der Waals surface area contributed by atoms with Crippen molar-refractivity contribution < 1.29 is 0 Å². The van der Waals surface area contributed by atoms with Crippen molar-refractivity contribution in [3.63, 3.8) is 0 Å². The van der Waals surface area contributed by atoms with Crippen LogP contribution in [0.25, 0.3) is 10.9 Å². The molecule has 0 unspecified atom stereocenters. The van der Waals surface area contributed by atoms with Gasteiger partial charge in [-0.1, -0.05) is 23.2 Å². The summed E-state index contributed by atoms with van der Waals surface area (Å²) in [4.78, 5) is 4.23. The Kier molecular flexibility index (Phi) is 2.69. The van der Waals surface area contributed by atoms with Gasteiger partial charge < -0.3 is 0 Å². The van der Waals surface area contributed by atoms with E-state index in [1.165, 1.54) is 0 Å². The molecule has 0 aliphatic heterocycles. The van der Waals surface area contributed by atoms with Gasteiger partial charge in [0.25, 0.3) is 0 Å². The van der Waals surface area contributed by atoms with Crippen molar-refractivity contribution >= 4 is 50.0 Å².